The molecule has 0 radical (unpaired) electrons. The Morgan fingerprint density at radius 3 is 2.54 bits per heavy atom. The zero-order valence-corrected chi connectivity index (χ0v) is 21.9. The predicted molar refractivity (Wildman–Crippen MR) is 142 cm³/mol. The van der Waals surface area contributed by atoms with Gasteiger partial charge < -0.3 is 20.1 Å². The number of aromatic hydroxyl groups is 1. The van der Waals surface area contributed by atoms with E-state index in [0.29, 0.717) is 24.7 Å². The van der Waals surface area contributed by atoms with E-state index in [9.17, 15) is 9.90 Å². The van der Waals surface area contributed by atoms with Crippen molar-refractivity contribution in [1.29, 1.82) is 0 Å². The van der Waals surface area contributed by atoms with Crippen molar-refractivity contribution >= 4 is 11.7 Å². The third-order valence-corrected chi connectivity index (χ3v) is 7.37. The van der Waals surface area contributed by atoms with E-state index >= 15 is 0 Å². The van der Waals surface area contributed by atoms with E-state index in [1.807, 2.05) is 39.0 Å². The van der Waals surface area contributed by atoms with Crippen molar-refractivity contribution in [3.05, 3.63) is 47.4 Å². The van der Waals surface area contributed by atoms with E-state index in [1.165, 1.54) is 6.42 Å². The average Bonchev–Trinajstić information content (AvgIpc) is 3.35. The van der Waals surface area contributed by atoms with Crippen molar-refractivity contribution in [3.63, 3.8) is 0 Å². The summed E-state index contributed by atoms with van der Waals surface area (Å²) in [6.07, 6.45) is 7.20. The van der Waals surface area contributed by atoms with Crippen molar-refractivity contribution in [2.75, 3.05) is 31.2 Å². The number of anilines is 1. The van der Waals surface area contributed by atoms with Crippen LogP contribution in [-0.2, 0) is 4.74 Å². The highest BCUT2D eigenvalue weighted by Crippen LogP contribution is 2.34. The Kier molecular flexibility index (Phi) is 7.41. The number of morpholine rings is 1. The summed E-state index contributed by atoms with van der Waals surface area (Å²) < 4.78 is 7.26. The molecule has 0 spiro atoms. The lowest BCUT2D eigenvalue weighted by Gasteiger charge is -2.27. The molecule has 2 fully saturated rings. The van der Waals surface area contributed by atoms with Crippen LogP contribution in [-0.4, -0.2) is 63.1 Å². The van der Waals surface area contributed by atoms with Crippen LogP contribution in [0.3, 0.4) is 0 Å². The summed E-state index contributed by atoms with van der Waals surface area (Å²) in [5.41, 5.74) is 3.21. The Balaban J connectivity index is 1.56. The van der Waals surface area contributed by atoms with Gasteiger partial charge in [0.1, 0.15) is 11.6 Å². The first-order valence-corrected chi connectivity index (χ1v) is 13.3. The molecule has 1 aromatic carbocycles. The fraction of sp³-hybridized carbons (Fsp3) is 0.500. The number of pyridine rings is 1. The molecule has 1 saturated heterocycles. The number of benzene rings is 1. The van der Waals surface area contributed by atoms with Gasteiger partial charge in [-0.2, -0.15) is 0 Å². The molecule has 2 aliphatic rings. The SMILES string of the molecule is Cc1cc(O)c(C(C)C)cc1-c1nnc(C(=O)NC2CCCCC2)n1-c1ccc(N2CCOCC2)nc1. The van der Waals surface area contributed by atoms with Crippen LogP contribution in [0.25, 0.3) is 17.1 Å². The Morgan fingerprint density at radius 1 is 1.11 bits per heavy atom. The molecule has 0 unspecified atom stereocenters. The molecular formula is C28H36N6O3. The summed E-state index contributed by atoms with van der Waals surface area (Å²) in [7, 11) is 0. The summed E-state index contributed by atoms with van der Waals surface area (Å²) in [6, 6.07) is 7.79. The molecule has 196 valence electrons. The molecule has 3 aromatic rings. The number of nitrogens with zero attached hydrogens (tertiary/aromatic N) is 5. The zero-order valence-electron chi connectivity index (χ0n) is 21.9. The molecule has 5 rings (SSSR count). The lowest BCUT2D eigenvalue weighted by atomic mass is 9.95. The maximum atomic E-state index is 13.5. The van der Waals surface area contributed by atoms with Crippen molar-refractivity contribution in [3.8, 4) is 22.8 Å². The highest BCUT2D eigenvalue weighted by molar-refractivity contribution is 5.92. The van der Waals surface area contributed by atoms with Crippen LogP contribution in [0.2, 0.25) is 0 Å². The highest BCUT2D eigenvalue weighted by Gasteiger charge is 2.26. The number of ether oxygens (including phenoxy) is 1. The van der Waals surface area contributed by atoms with Gasteiger partial charge in [0, 0.05) is 24.7 Å². The molecule has 2 aromatic heterocycles. The molecule has 1 aliphatic carbocycles. The van der Waals surface area contributed by atoms with Crippen molar-refractivity contribution in [2.24, 2.45) is 0 Å². The quantitative estimate of drug-likeness (QED) is 0.514. The number of rotatable bonds is 6. The van der Waals surface area contributed by atoms with Crippen LogP contribution in [0, 0.1) is 6.92 Å². The standard InChI is InChI=1S/C28H36N6O3/c1-18(2)22-16-23(19(3)15-24(22)35)26-31-32-27(28(36)30-20-7-5-4-6-8-20)34(26)21-9-10-25(29-17-21)33-11-13-37-14-12-33/h9-10,15-18,20,35H,4-8,11-14H2,1-3H3,(H,30,36). The summed E-state index contributed by atoms with van der Waals surface area (Å²) in [6.45, 7) is 8.96. The molecule has 1 aliphatic heterocycles. The van der Waals surface area contributed by atoms with E-state index in [-0.39, 0.29) is 29.4 Å². The summed E-state index contributed by atoms with van der Waals surface area (Å²) in [5, 5.41) is 22.6. The third-order valence-electron chi connectivity index (χ3n) is 7.37. The number of hydrogen-bond acceptors (Lipinski definition) is 7. The van der Waals surface area contributed by atoms with Gasteiger partial charge in [-0.15, -0.1) is 10.2 Å². The molecule has 37 heavy (non-hydrogen) atoms. The van der Waals surface area contributed by atoms with Gasteiger partial charge in [-0.3, -0.25) is 9.36 Å². The third kappa shape index (κ3) is 5.32. The second kappa shape index (κ2) is 10.9. The summed E-state index contributed by atoms with van der Waals surface area (Å²) >= 11 is 0. The minimum Gasteiger partial charge on any atom is -0.508 e. The molecule has 0 atom stereocenters. The number of phenolic OH excluding ortho intramolecular Hbond substituents is 1. The van der Waals surface area contributed by atoms with Gasteiger partial charge in [-0.05, 0) is 61.1 Å². The Morgan fingerprint density at radius 2 is 1.86 bits per heavy atom. The zero-order chi connectivity index (χ0) is 25.9. The number of nitrogens with one attached hydrogen (secondary N) is 1. The number of aryl methyl sites for hydroxylation is 1. The van der Waals surface area contributed by atoms with Crippen LogP contribution in [0.4, 0.5) is 5.82 Å². The van der Waals surface area contributed by atoms with Crippen LogP contribution in [0.1, 0.15) is 73.6 Å². The van der Waals surface area contributed by atoms with Gasteiger partial charge >= 0.3 is 0 Å². The Labute approximate surface area is 217 Å². The second-order valence-electron chi connectivity index (χ2n) is 10.3. The van der Waals surface area contributed by atoms with E-state index in [4.69, 9.17) is 9.72 Å². The number of carbonyl (C=O) groups is 1. The average molecular weight is 505 g/mol. The number of aromatic nitrogens is 4. The number of phenols is 1. The monoisotopic (exact) mass is 504 g/mol. The smallest absolute Gasteiger partial charge is 0.289 e. The van der Waals surface area contributed by atoms with Gasteiger partial charge in [0.05, 0.1) is 25.1 Å². The number of carbonyl (C=O) groups excluding carboxylic acids is 1. The minimum absolute atomic E-state index is 0.124. The number of amides is 1. The largest absolute Gasteiger partial charge is 0.508 e. The fourth-order valence-electron chi connectivity index (χ4n) is 5.25. The molecule has 2 N–H and O–H groups in total. The van der Waals surface area contributed by atoms with Gasteiger partial charge in [-0.1, -0.05) is 33.1 Å². The highest BCUT2D eigenvalue weighted by atomic mass is 16.5. The molecule has 1 amide bonds. The van der Waals surface area contributed by atoms with Crippen molar-refractivity contribution in [2.45, 2.75) is 64.8 Å². The van der Waals surface area contributed by atoms with E-state index in [0.717, 1.165) is 61.3 Å². The number of hydrogen-bond donors (Lipinski definition) is 2. The fourth-order valence-corrected chi connectivity index (χ4v) is 5.25. The van der Waals surface area contributed by atoms with Crippen LogP contribution < -0.4 is 10.2 Å². The molecule has 9 heteroatoms. The predicted octanol–water partition coefficient (Wildman–Crippen LogP) is 4.37. The normalized spacial score (nSPS) is 16.8. The molecule has 1 saturated carbocycles. The molecule has 9 nitrogen and oxygen atoms in total. The first-order chi connectivity index (χ1) is 17.9. The lowest BCUT2D eigenvalue weighted by Crippen LogP contribution is -2.37. The van der Waals surface area contributed by atoms with E-state index in [2.05, 4.69) is 20.4 Å². The van der Waals surface area contributed by atoms with E-state index in [1.54, 1.807) is 16.8 Å². The van der Waals surface area contributed by atoms with E-state index < -0.39 is 0 Å². The van der Waals surface area contributed by atoms with Gasteiger partial charge in [0.2, 0.25) is 5.82 Å². The summed E-state index contributed by atoms with van der Waals surface area (Å²) in [5.74, 6) is 1.81. The lowest BCUT2D eigenvalue weighted by molar-refractivity contribution is 0.0915. The van der Waals surface area contributed by atoms with Gasteiger partial charge in [-0.25, -0.2) is 4.98 Å². The first-order valence-electron chi connectivity index (χ1n) is 13.3. The first kappa shape index (κ1) is 25.2. The molecule has 0 bridgehead atoms. The molecular weight excluding hydrogens is 468 g/mol. The second-order valence-corrected chi connectivity index (χ2v) is 10.3. The topological polar surface area (TPSA) is 105 Å². The molecule has 3 heterocycles. The van der Waals surface area contributed by atoms with Crippen LogP contribution >= 0.6 is 0 Å². The maximum absolute atomic E-state index is 13.5. The Bertz CT molecular complexity index is 1240. The van der Waals surface area contributed by atoms with Crippen LogP contribution in [0.15, 0.2) is 30.5 Å². The minimum atomic E-state index is -0.233. The Hall–Kier alpha value is -3.46. The van der Waals surface area contributed by atoms with Gasteiger partial charge in [0.25, 0.3) is 5.91 Å². The summed E-state index contributed by atoms with van der Waals surface area (Å²) in [4.78, 5) is 20.4. The van der Waals surface area contributed by atoms with Crippen molar-refractivity contribution in [1.82, 2.24) is 25.1 Å². The van der Waals surface area contributed by atoms with Crippen molar-refractivity contribution < 1.29 is 14.6 Å². The maximum Gasteiger partial charge on any atom is 0.289 e. The van der Waals surface area contributed by atoms with Crippen LogP contribution in [0.5, 0.6) is 5.75 Å². The van der Waals surface area contributed by atoms with Gasteiger partial charge in [0.15, 0.2) is 5.82 Å².